The second kappa shape index (κ2) is 8.63. The van der Waals surface area contributed by atoms with Crippen molar-refractivity contribution < 1.29 is 4.74 Å². The van der Waals surface area contributed by atoms with Gasteiger partial charge in [-0.25, -0.2) is 0 Å². The van der Waals surface area contributed by atoms with Crippen molar-refractivity contribution in [1.29, 1.82) is 0 Å². The summed E-state index contributed by atoms with van der Waals surface area (Å²) in [4.78, 5) is 6.44. The van der Waals surface area contributed by atoms with Crippen LogP contribution in [0.2, 0.25) is 0 Å². The maximum absolute atomic E-state index is 5.18. The van der Waals surface area contributed by atoms with Crippen LogP contribution in [0.4, 0.5) is 0 Å². The predicted molar refractivity (Wildman–Crippen MR) is 93.6 cm³/mol. The second-order valence-corrected chi connectivity index (χ2v) is 6.35. The molecule has 0 fully saturated rings. The number of hydrogen-bond acceptors (Lipinski definition) is 3. The molecular formula is C17H30N4O. The van der Waals surface area contributed by atoms with Crippen LogP contribution in [0, 0.1) is 0 Å². The van der Waals surface area contributed by atoms with Crippen LogP contribution in [0.3, 0.4) is 0 Å². The van der Waals surface area contributed by atoms with Gasteiger partial charge in [-0.15, -0.1) is 0 Å². The van der Waals surface area contributed by atoms with Crippen molar-refractivity contribution in [3.63, 3.8) is 0 Å². The highest BCUT2D eigenvalue weighted by molar-refractivity contribution is 5.79. The maximum atomic E-state index is 5.18. The molecule has 1 aromatic rings. The SMILES string of the molecule is CN=C(NCCNC(C)(C)C)N(C)Cc1ccc(OC)cc1. The molecule has 0 unspecified atom stereocenters. The predicted octanol–water partition coefficient (Wildman–Crippen LogP) is 2.09. The van der Waals surface area contributed by atoms with E-state index < -0.39 is 0 Å². The van der Waals surface area contributed by atoms with Crippen LogP contribution in [-0.2, 0) is 6.54 Å². The molecular weight excluding hydrogens is 276 g/mol. The summed E-state index contributed by atoms with van der Waals surface area (Å²) in [5.41, 5.74) is 1.36. The van der Waals surface area contributed by atoms with Crippen LogP contribution in [-0.4, -0.2) is 50.7 Å². The molecule has 0 atom stereocenters. The minimum atomic E-state index is 0.139. The first kappa shape index (κ1) is 18.3. The van der Waals surface area contributed by atoms with Crippen molar-refractivity contribution in [1.82, 2.24) is 15.5 Å². The Kier molecular flexibility index (Phi) is 7.18. The van der Waals surface area contributed by atoms with E-state index >= 15 is 0 Å². The number of nitrogens with one attached hydrogen (secondary N) is 2. The molecule has 0 amide bonds. The van der Waals surface area contributed by atoms with E-state index in [1.807, 2.05) is 26.2 Å². The van der Waals surface area contributed by atoms with Crippen LogP contribution < -0.4 is 15.4 Å². The molecule has 0 aliphatic carbocycles. The average Bonchev–Trinajstić information content (AvgIpc) is 2.47. The summed E-state index contributed by atoms with van der Waals surface area (Å²) < 4.78 is 5.18. The van der Waals surface area contributed by atoms with Gasteiger partial charge in [-0.3, -0.25) is 4.99 Å². The van der Waals surface area contributed by atoms with Crippen LogP contribution >= 0.6 is 0 Å². The van der Waals surface area contributed by atoms with Gasteiger partial charge in [-0.1, -0.05) is 12.1 Å². The minimum Gasteiger partial charge on any atom is -0.497 e. The first-order chi connectivity index (χ1) is 10.4. The molecule has 2 N–H and O–H groups in total. The van der Waals surface area contributed by atoms with Crippen LogP contribution in [0.1, 0.15) is 26.3 Å². The van der Waals surface area contributed by atoms with Crippen molar-refractivity contribution in [2.45, 2.75) is 32.9 Å². The van der Waals surface area contributed by atoms with E-state index in [1.54, 1.807) is 7.11 Å². The molecule has 0 heterocycles. The summed E-state index contributed by atoms with van der Waals surface area (Å²) in [5, 5.41) is 6.83. The highest BCUT2D eigenvalue weighted by atomic mass is 16.5. The fourth-order valence-electron chi connectivity index (χ4n) is 2.08. The van der Waals surface area contributed by atoms with Crippen molar-refractivity contribution in [3.05, 3.63) is 29.8 Å². The third-order valence-corrected chi connectivity index (χ3v) is 3.22. The zero-order chi connectivity index (χ0) is 16.6. The molecule has 1 aromatic carbocycles. The number of rotatable bonds is 6. The Hall–Kier alpha value is -1.75. The topological polar surface area (TPSA) is 48.9 Å². The van der Waals surface area contributed by atoms with Crippen molar-refractivity contribution in [2.24, 2.45) is 4.99 Å². The minimum absolute atomic E-state index is 0.139. The highest BCUT2D eigenvalue weighted by Gasteiger charge is 2.09. The lowest BCUT2D eigenvalue weighted by molar-refractivity contribution is 0.413. The molecule has 0 spiro atoms. The number of ether oxygens (including phenoxy) is 1. The van der Waals surface area contributed by atoms with E-state index in [4.69, 9.17) is 4.74 Å². The lowest BCUT2D eigenvalue weighted by Gasteiger charge is -2.24. The Bertz CT molecular complexity index is 463. The lowest BCUT2D eigenvalue weighted by Crippen LogP contribution is -2.44. The molecule has 1 rings (SSSR count). The molecule has 0 aliphatic rings. The fourth-order valence-corrected chi connectivity index (χ4v) is 2.08. The first-order valence-electron chi connectivity index (χ1n) is 7.65. The van der Waals surface area contributed by atoms with Crippen molar-refractivity contribution >= 4 is 5.96 Å². The summed E-state index contributed by atoms with van der Waals surface area (Å²) in [5.74, 6) is 1.77. The number of benzene rings is 1. The summed E-state index contributed by atoms with van der Waals surface area (Å²) in [7, 11) is 5.53. The first-order valence-corrected chi connectivity index (χ1v) is 7.65. The molecule has 5 heteroatoms. The van der Waals surface area contributed by atoms with Crippen LogP contribution in [0.5, 0.6) is 5.75 Å². The van der Waals surface area contributed by atoms with E-state index in [2.05, 4.69) is 53.4 Å². The average molecular weight is 306 g/mol. The summed E-state index contributed by atoms with van der Waals surface area (Å²) in [6.07, 6.45) is 0. The Morgan fingerprint density at radius 3 is 2.32 bits per heavy atom. The van der Waals surface area contributed by atoms with Gasteiger partial charge in [0.1, 0.15) is 5.75 Å². The number of aliphatic imine (C=N–C) groups is 1. The number of nitrogens with zero attached hydrogens (tertiary/aromatic N) is 2. The van der Waals surface area contributed by atoms with Gasteiger partial charge < -0.3 is 20.3 Å². The van der Waals surface area contributed by atoms with Gasteiger partial charge in [-0.2, -0.15) is 0 Å². The van der Waals surface area contributed by atoms with Gasteiger partial charge in [0.2, 0.25) is 0 Å². The molecule has 0 radical (unpaired) electrons. The molecule has 0 saturated heterocycles. The van der Waals surface area contributed by atoms with Crippen LogP contribution in [0.25, 0.3) is 0 Å². The number of guanidine groups is 1. The summed E-state index contributed by atoms with van der Waals surface area (Å²) in [6, 6.07) is 8.10. The molecule has 5 nitrogen and oxygen atoms in total. The quantitative estimate of drug-likeness (QED) is 0.480. The largest absolute Gasteiger partial charge is 0.497 e. The number of methoxy groups -OCH3 is 1. The molecule has 0 saturated carbocycles. The van der Waals surface area contributed by atoms with E-state index in [9.17, 15) is 0 Å². The van der Waals surface area contributed by atoms with Gasteiger partial charge in [0.25, 0.3) is 0 Å². The summed E-state index contributed by atoms with van der Waals surface area (Å²) in [6.45, 7) is 9.04. The summed E-state index contributed by atoms with van der Waals surface area (Å²) >= 11 is 0. The van der Waals surface area contributed by atoms with Gasteiger partial charge in [0, 0.05) is 39.3 Å². The Morgan fingerprint density at radius 2 is 1.82 bits per heavy atom. The second-order valence-electron chi connectivity index (χ2n) is 6.35. The van der Waals surface area contributed by atoms with Gasteiger partial charge in [0.15, 0.2) is 5.96 Å². The standard InChI is InChI=1S/C17H30N4O/c1-17(2,3)20-12-11-19-16(18-4)21(5)13-14-7-9-15(22-6)10-8-14/h7-10,20H,11-13H2,1-6H3,(H,18,19). The number of hydrogen-bond donors (Lipinski definition) is 2. The van der Waals surface area contributed by atoms with Crippen molar-refractivity contribution in [3.8, 4) is 5.75 Å². The third-order valence-electron chi connectivity index (χ3n) is 3.22. The Balaban J connectivity index is 2.45. The monoisotopic (exact) mass is 306 g/mol. The lowest BCUT2D eigenvalue weighted by atomic mass is 10.1. The van der Waals surface area contributed by atoms with Gasteiger partial charge in [0.05, 0.1) is 7.11 Å². The van der Waals surface area contributed by atoms with E-state index in [1.165, 1.54) is 5.56 Å². The Morgan fingerprint density at radius 1 is 1.18 bits per heavy atom. The van der Waals surface area contributed by atoms with E-state index in [0.717, 1.165) is 31.3 Å². The van der Waals surface area contributed by atoms with Crippen LogP contribution in [0.15, 0.2) is 29.3 Å². The zero-order valence-electron chi connectivity index (χ0n) is 14.7. The highest BCUT2D eigenvalue weighted by Crippen LogP contribution is 2.12. The smallest absolute Gasteiger partial charge is 0.193 e. The Labute approximate surface area is 134 Å². The molecule has 22 heavy (non-hydrogen) atoms. The molecule has 0 aliphatic heterocycles. The maximum Gasteiger partial charge on any atom is 0.193 e. The molecule has 124 valence electrons. The third kappa shape index (κ3) is 6.80. The molecule has 0 aromatic heterocycles. The normalized spacial score (nSPS) is 12.2. The van der Waals surface area contributed by atoms with Gasteiger partial charge in [-0.05, 0) is 38.5 Å². The van der Waals surface area contributed by atoms with Crippen molar-refractivity contribution in [2.75, 3.05) is 34.3 Å². The zero-order valence-corrected chi connectivity index (χ0v) is 14.7. The van der Waals surface area contributed by atoms with Gasteiger partial charge >= 0.3 is 0 Å². The van der Waals surface area contributed by atoms with E-state index in [0.29, 0.717) is 0 Å². The molecule has 0 bridgehead atoms. The van der Waals surface area contributed by atoms with E-state index in [-0.39, 0.29) is 5.54 Å². The fraction of sp³-hybridized carbons (Fsp3) is 0.588.